The van der Waals surface area contributed by atoms with Gasteiger partial charge in [-0.15, -0.1) is 5.10 Å². The zero-order valence-corrected chi connectivity index (χ0v) is 18.9. The van der Waals surface area contributed by atoms with Crippen LogP contribution >= 0.6 is 0 Å². The van der Waals surface area contributed by atoms with E-state index in [1.165, 1.54) is 25.7 Å². The van der Waals surface area contributed by atoms with Crippen molar-refractivity contribution in [1.82, 2.24) is 29.9 Å². The Balaban J connectivity index is 1.41. The van der Waals surface area contributed by atoms with Crippen LogP contribution in [0.2, 0.25) is 0 Å². The molecule has 9 heteroatoms. The van der Waals surface area contributed by atoms with Crippen LogP contribution in [-0.4, -0.2) is 55.7 Å². The summed E-state index contributed by atoms with van der Waals surface area (Å²) in [6.45, 7) is 4.89. The zero-order valence-electron chi connectivity index (χ0n) is 18.9. The van der Waals surface area contributed by atoms with E-state index < -0.39 is 0 Å². The van der Waals surface area contributed by atoms with Crippen molar-refractivity contribution in [3.63, 3.8) is 0 Å². The second-order valence-electron chi connectivity index (χ2n) is 8.94. The molecule has 0 radical (unpaired) electrons. The first-order valence-electron chi connectivity index (χ1n) is 11.2. The number of rotatable bonds is 7. The number of hydrogen-bond donors (Lipinski definition) is 0. The lowest BCUT2D eigenvalue weighted by molar-refractivity contribution is 0.101. The van der Waals surface area contributed by atoms with Crippen molar-refractivity contribution in [3.8, 4) is 17.3 Å². The maximum Gasteiger partial charge on any atom is 0.409 e. The highest BCUT2D eigenvalue weighted by Gasteiger charge is 2.34. The van der Waals surface area contributed by atoms with Gasteiger partial charge in [0.2, 0.25) is 5.88 Å². The summed E-state index contributed by atoms with van der Waals surface area (Å²) >= 11 is 0. The monoisotopic (exact) mass is 428 g/mol. The first kappa shape index (κ1) is 21.5. The number of amides is 1. The average molecular weight is 429 g/mol. The average Bonchev–Trinajstić information content (AvgIpc) is 3.32. The molecule has 0 aromatic carbocycles. The van der Waals surface area contributed by atoms with E-state index in [0.717, 1.165) is 25.1 Å². The maximum atomic E-state index is 12.4. The largest absolute Gasteiger partial charge is 0.473 e. The van der Waals surface area contributed by atoms with Crippen molar-refractivity contribution in [2.45, 2.75) is 65.1 Å². The molecule has 2 heterocycles. The Morgan fingerprint density at radius 3 is 2.71 bits per heavy atom. The van der Waals surface area contributed by atoms with E-state index in [9.17, 15) is 4.79 Å². The minimum atomic E-state index is -0.343. The molecule has 2 fully saturated rings. The molecule has 2 aliphatic carbocycles. The summed E-state index contributed by atoms with van der Waals surface area (Å²) in [5, 5.41) is 8.32. The van der Waals surface area contributed by atoms with Crippen LogP contribution in [0.1, 0.15) is 56.8 Å². The van der Waals surface area contributed by atoms with Crippen LogP contribution in [-0.2, 0) is 18.4 Å². The van der Waals surface area contributed by atoms with Gasteiger partial charge < -0.3 is 14.4 Å². The summed E-state index contributed by atoms with van der Waals surface area (Å²) in [4.78, 5) is 23.1. The van der Waals surface area contributed by atoms with Crippen LogP contribution < -0.4 is 4.74 Å². The fraction of sp³-hybridized carbons (Fsp3) is 0.682. The molecule has 4 rings (SSSR count). The quantitative estimate of drug-likeness (QED) is 0.666. The molecule has 2 aliphatic rings. The van der Waals surface area contributed by atoms with Gasteiger partial charge in [-0.25, -0.2) is 19.4 Å². The zero-order chi connectivity index (χ0) is 22.0. The number of aromatic nitrogens is 5. The molecule has 168 valence electrons. The molecule has 0 N–H and O–H groups in total. The highest BCUT2D eigenvalue weighted by atomic mass is 16.6. The SMILES string of the molecule is Cc1nc(-c2nnn(C)c2COC(=O)N(C)C[C@H]2C[C@@H]2C)cnc1OC1CCCCC1. The summed E-state index contributed by atoms with van der Waals surface area (Å²) in [5.41, 5.74) is 2.55. The summed E-state index contributed by atoms with van der Waals surface area (Å²) in [6.07, 6.45) is 8.51. The van der Waals surface area contributed by atoms with Crippen LogP contribution in [0.25, 0.3) is 11.4 Å². The summed E-state index contributed by atoms with van der Waals surface area (Å²) in [6, 6.07) is 0. The lowest BCUT2D eigenvalue weighted by Crippen LogP contribution is -2.29. The van der Waals surface area contributed by atoms with Gasteiger partial charge in [-0.1, -0.05) is 18.6 Å². The van der Waals surface area contributed by atoms with Crippen molar-refractivity contribution in [2.24, 2.45) is 18.9 Å². The van der Waals surface area contributed by atoms with E-state index in [1.54, 1.807) is 29.9 Å². The molecule has 1 amide bonds. The van der Waals surface area contributed by atoms with Crippen molar-refractivity contribution < 1.29 is 14.3 Å². The Morgan fingerprint density at radius 2 is 2.03 bits per heavy atom. The second-order valence-corrected chi connectivity index (χ2v) is 8.94. The van der Waals surface area contributed by atoms with E-state index in [0.29, 0.717) is 34.8 Å². The molecule has 2 aromatic rings. The lowest BCUT2D eigenvalue weighted by Gasteiger charge is -2.22. The third-order valence-corrected chi connectivity index (χ3v) is 6.35. The Labute approximate surface area is 183 Å². The van der Waals surface area contributed by atoms with Gasteiger partial charge in [0.25, 0.3) is 0 Å². The van der Waals surface area contributed by atoms with E-state index in [-0.39, 0.29) is 18.8 Å². The number of carbonyl (C=O) groups excluding carboxylic acids is 1. The minimum Gasteiger partial charge on any atom is -0.473 e. The third-order valence-electron chi connectivity index (χ3n) is 6.35. The van der Waals surface area contributed by atoms with Gasteiger partial charge in [0.15, 0.2) is 0 Å². The molecule has 2 aromatic heterocycles. The standard InChI is InChI=1S/C22H32N6O3/c1-14-10-16(14)12-27(3)22(29)30-13-19-20(25-26-28(19)4)18-11-23-21(15(2)24-18)31-17-8-6-5-7-9-17/h11,14,16-17H,5-10,12-13H2,1-4H3/t14-,16+/m0/s1. The Bertz CT molecular complexity index is 924. The molecule has 31 heavy (non-hydrogen) atoms. The smallest absolute Gasteiger partial charge is 0.409 e. The van der Waals surface area contributed by atoms with E-state index in [1.807, 2.05) is 6.92 Å². The number of carbonyl (C=O) groups is 1. The van der Waals surface area contributed by atoms with Gasteiger partial charge >= 0.3 is 6.09 Å². The maximum absolute atomic E-state index is 12.4. The Morgan fingerprint density at radius 1 is 1.29 bits per heavy atom. The summed E-state index contributed by atoms with van der Waals surface area (Å²) < 4.78 is 13.2. The van der Waals surface area contributed by atoms with Gasteiger partial charge in [-0.3, -0.25) is 0 Å². The van der Waals surface area contributed by atoms with E-state index in [4.69, 9.17) is 9.47 Å². The fourth-order valence-electron chi connectivity index (χ4n) is 4.10. The predicted octanol–water partition coefficient (Wildman–Crippen LogP) is 3.52. The van der Waals surface area contributed by atoms with Gasteiger partial charge in [0.05, 0.1) is 6.20 Å². The van der Waals surface area contributed by atoms with E-state index >= 15 is 0 Å². The molecule has 0 aliphatic heterocycles. The number of ether oxygens (including phenoxy) is 2. The molecule has 0 unspecified atom stereocenters. The van der Waals surface area contributed by atoms with Gasteiger partial charge in [-0.2, -0.15) is 0 Å². The number of hydrogen-bond acceptors (Lipinski definition) is 7. The van der Waals surface area contributed by atoms with Crippen LogP contribution in [0.15, 0.2) is 6.20 Å². The molecule has 9 nitrogen and oxygen atoms in total. The van der Waals surface area contributed by atoms with Gasteiger partial charge in [-0.05, 0) is 50.9 Å². The molecular weight excluding hydrogens is 396 g/mol. The lowest BCUT2D eigenvalue weighted by atomic mass is 9.98. The van der Waals surface area contributed by atoms with Crippen molar-refractivity contribution in [3.05, 3.63) is 17.6 Å². The minimum absolute atomic E-state index is 0.0727. The van der Waals surface area contributed by atoms with Crippen LogP contribution in [0.4, 0.5) is 4.79 Å². The molecule has 0 saturated heterocycles. The van der Waals surface area contributed by atoms with Crippen molar-refractivity contribution in [1.29, 1.82) is 0 Å². The normalized spacial score (nSPS) is 21.0. The number of aryl methyl sites for hydroxylation is 2. The highest BCUT2D eigenvalue weighted by Crippen LogP contribution is 2.38. The number of nitrogens with zero attached hydrogens (tertiary/aromatic N) is 6. The summed E-state index contributed by atoms with van der Waals surface area (Å²) in [5.74, 6) is 1.84. The van der Waals surface area contributed by atoms with E-state index in [2.05, 4.69) is 27.2 Å². The Hall–Kier alpha value is -2.71. The highest BCUT2D eigenvalue weighted by molar-refractivity contribution is 5.67. The molecule has 0 bridgehead atoms. The van der Waals surface area contributed by atoms with Gasteiger partial charge in [0.1, 0.15) is 35.5 Å². The van der Waals surface area contributed by atoms with Crippen LogP contribution in [0, 0.1) is 18.8 Å². The first-order valence-corrected chi connectivity index (χ1v) is 11.2. The predicted molar refractivity (Wildman–Crippen MR) is 114 cm³/mol. The first-order chi connectivity index (χ1) is 14.9. The Kier molecular flexibility index (Phi) is 6.38. The summed E-state index contributed by atoms with van der Waals surface area (Å²) in [7, 11) is 3.55. The van der Waals surface area contributed by atoms with Crippen LogP contribution in [0.3, 0.4) is 0 Å². The van der Waals surface area contributed by atoms with Crippen LogP contribution in [0.5, 0.6) is 5.88 Å². The fourth-order valence-corrected chi connectivity index (χ4v) is 4.10. The van der Waals surface area contributed by atoms with Crippen molar-refractivity contribution in [2.75, 3.05) is 13.6 Å². The van der Waals surface area contributed by atoms with Gasteiger partial charge in [0, 0.05) is 20.6 Å². The third kappa shape index (κ3) is 5.14. The van der Waals surface area contributed by atoms with Crippen molar-refractivity contribution >= 4 is 6.09 Å². The molecule has 2 atom stereocenters. The topological polar surface area (TPSA) is 95.3 Å². The second kappa shape index (κ2) is 9.20. The molecular formula is C22H32N6O3. The molecule has 2 saturated carbocycles. The molecule has 0 spiro atoms.